The largest absolute Gasteiger partial charge is 0.491 e. The normalized spacial score (nSPS) is 22.5. The molecule has 8 heteroatoms. The molecule has 1 saturated heterocycles. The number of thiazole rings is 1. The number of aliphatic hydroxyl groups is 1. The van der Waals surface area contributed by atoms with Crippen LogP contribution in [0.15, 0.2) is 60.3 Å². The summed E-state index contributed by atoms with van der Waals surface area (Å²) in [7, 11) is 0. The van der Waals surface area contributed by atoms with Gasteiger partial charge >= 0.3 is 0 Å². The van der Waals surface area contributed by atoms with Crippen LogP contribution in [0.2, 0.25) is 0 Å². The van der Waals surface area contributed by atoms with Crippen LogP contribution in [0.1, 0.15) is 23.6 Å². The standard InChI is InChI=1S/C26H32N4O3S/c1-18-14-29(16-22(31)17-32-23-8-9-26-24(13-23)27-19(2)34-26)10-11-30(18)15-21-12-25(33-28-21)20-6-4-3-5-7-20/h3-9,12-13,18,22,25,28,31H,10-11,14-17H2,1-2H3/t18-,22+,25?/m0/s1. The molecule has 1 aromatic heterocycles. The number of aryl methyl sites for hydroxylation is 1. The minimum Gasteiger partial charge on any atom is -0.491 e. The molecule has 3 aromatic rings. The molecule has 0 saturated carbocycles. The smallest absolute Gasteiger partial charge is 0.131 e. The zero-order valence-corrected chi connectivity index (χ0v) is 20.5. The van der Waals surface area contributed by atoms with Gasteiger partial charge in [0.05, 0.1) is 20.9 Å². The number of benzene rings is 2. The first-order valence-electron chi connectivity index (χ1n) is 11.9. The van der Waals surface area contributed by atoms with E-state index in [4.69, 9.17) is 9.57 Å². The summed E-state index contributed by atoms with van der Waals surface area (Å²) in [4.78, 5) is 15.1. The molecule has 7 nitrogen and oxygen atoms in total. The number of hydrogen-bond acceptors (Lipinski definition) is 8. The van der Waals surface area contributed by atoms with Crippen LogP contribution in [-0.4, -0.2) is 71.4 Å². The number of piperazine rings is 1. The van der Waals surface area contributed by atoms with Gasteiger partial charge in [-0.25, -0.2) is 4.98 Å². The summed E-state index contributed by atoms with van der Waals surface area (Å²) < 4.78 is 7.01. The highest BCUT2D eigenvalue weighted by Gasteiger charge is 2.27. The molecule has 0 spiro atoms. The lowest BCUT2D eigenvalue weighted by Gasteiger charge is -2.40. The van der Waals surface area contributed by atoms with E-state index in [9.17, 15) is 5.11 Å². The van der Waals surface area contributed by atoms with E-state index < -0.39 is 6.10 Å². The fourth-order valence-corrected chi connectivity index (χ4v) is 5.43. The van der Waals surface area contributed by atoms with Gasteiger partial charge in [-0.05, 0) is 37.6 Å². The molecular weight excluding hydrogens is 448 g/mol. The number of aromatic nitrogens is 1. The molecule has 3 heterocycles. The molecule has 0 radical (unpaired) electrons. The second-order valence-corrected chi connectivity index (χ2v) is 10.4. The van der Waals surface area contributed by atoms with Crippen LogP contribution in [0.3, 0.4) is 0 Å². The highest BCUT2D eigenvalue weighted by molar-refractivity contribution is 7.18. The van der Waals surface area contributed by atoms with Gasteiger partial charge in [-0.15, -0.1) is 11.3 Å². The third-order valence-corrected chi connectivity index (χ3v) is 7.35. The first kappa shape index (κ1) is 23.3. The number of rotatable bonds is 8. The molecule has 2 aliphatic heterocycles. The van der Waals surface area contributed by atoms with Crippen molar-refractivity contribution in [2.45, 2.75) is 32.1 Å². The van der Waals surface area contributed by atoms with Crippen LogP contribution in [-0.2, 0) is 4.84 Å². The monoisotopic (exact) mass is 480 g/mol. The zero-order valence-electron chi connectivity index (χ0n) is 19.7. The zero-order chi connectivity index (χ0) is 23.5. The fraction of sp³-hybridized carbons (Fsp3) is 0.423. The molecule has 3 atom stereocenters. The maximum absolute atomic E-state index is 10.6. The number of β-amino-alcohol motifs (C(OH)–C–C–N with tert-alkyl or cyclic N) is 1. The van der Waals surface area contributed by atoms with E-state index in [0.717, 1.165) is 58.4 Å². The van der Waals surface area contributed by atoms with Gasteiger partial charge in [0.25, 0.3) is 0 Å². The van der Waals surface area contributed by atoms with Crippen LogP contribution < -0.4 is 10.2 Å². The number of hydrogen-bond donors (Lipinski definition) is 2. The van der Waals surface area contributed by atoms with E-state index in [2.05, 4.69) is 45.4 Å². The second kappa shape index (κ2) is 10.4. The lowest BCUT2D eigenvalue weighted by molar-refractivity contribution is 0.0214. The lowest BCUT2D eigenvalue weighted by Crippen LogP contribution is -2.54. The Morgan fingerprint density at radius 2 is 2.09 bits per heavy atom. The van der Waals surface area contributed by atoms with E-state index >= 15 is 0 Å². The maximum Gasteiger partial charge on any atom is 0.131 e. The van der Waals surface area contributed by atoms with Crippen molar-refractivity contribution in [1.29, 1.82) is 0 Å². The van der Waals surface area contributed by atoms with Crippen molar-refractivity contribution in [3.8, 4) is 5.75 Å². The molecule has 1 unspecified atom stereocenters. The summed E-state index contributed by atoms with van der Waals surface area (Å²) in [6, 6.07) is 16.6. The fourth-order valence-electron chi connectivity index (χ4n) is 4.63. The van der Waals surface area contributed by atoms with Gasteiger partial charge in [-0.3, -0.25) is 20.1 Å². The van der Waals surface area contributed by atoms with Crippen molar-refractivity contribution in [2.24, 2.45) is 0 Å². The number of ether oxygens (including phenoxy) is 1. The third kappa shape index (κ3) is 5.59. The molecule has 180 valence electrons. The Hall–Kier alpha value is -2.49. The van der Waals surface area contributed by atoms with Gasteiger partial charge in [-0.2, -0.15) is 0 Å². The van der Waals surface area contributed by atoms with Crippen molar-refractivity contribution in [1.82, 2.24) is 20.3 Å². The summed E-state index contributed by atoms with van der Waals surface area (Å²) in [5, 5.41) is 11.6. The molecule has 5 rings (SSSR count). The maximum atomic E-state index is 10.6. The van der Waals surface area contributed by atoms with Crippen LogP contribution in [0.4, 0.5) is 0 Å². The summed E-state index contributed by atoms with van der Waals surface area (Å²) >= 11 is 1.68. The minimum absolute atomic E-state index is 0.0387. The molecule has 0 aliphatic carbocycles. The number of aliphatic hydroxyl groups excluding tert-OH is 1. The van der Waals surface area contributed by atoms with Crippen molar-refractivity contribution in [2.75, 3.05) is 39.3 Å². The van der Waals surface area contributed by atoms with Crippen molar-refractivity contribution >= 4 is 21.6 Å². The molecular formula is C26H32N4O3S. The Balaban J connectivity index is 1.07. The third-order valence-electron chi connectivity index (χ3n) is 6.40. The first-order valence-corrected chi connectivity index (χ1v) is 12.7. The SMILES string of the molecule is Cc1nc2cc(OC[C@H](O)CN3CCN(CC4=CC(c5ccccc5)ON4)[C@@H](C)C3)ccc2s1. The van der Waals surface area contributed by atoms with E-state index in [1.165, 1.54) is 0 Å². The van der Waals surface area contributed by atoms with E-state index in [0.29, 0.717) is 12.6 Å². The van der Waals surface area contributed by atoms with Crippen LogP contribution in [0, 0.1) is 6.92 Å². The quantitative estimate of drug-likeness (QED) is 0.511. The lowest BCUT2D eigenvalue weighted by atomic mass is 10.1. The molecule has 2 aliphatic rings. The van der Waals surface area contributed by atoms with Crippen LogP contribution >= 0.6 is 11.3 Å². The van der Waals surface area contributed by atoms with Crippen molar-refractivity contribution in [3.05, 3.63) is 70.9 Å². The van der Waals surface area contributed by atoms with Crippen molar-refractivity contribution in [3.63, 3.8) is 0 Å². The molecule has 0 bridgehead atoms. The van der Waals surface area contributed by atoms with E-state index in [1.54, 1.807) is 11.3 Å². The minimum atomic E-state index is -0.536. The molecule has 1 fully saturated rings. The van der Waals surface area contributed by atoms with Gasteiger partial charge in [-0.1, -0.05) is 30.3 Å². The predicted octanol–water partition coefficient (Wildman–Crippen LogP) is 3.51. The Morgan fingerprint density at radius 3 is 2.91 bits per heavy atom. The van der Waals surface area contributed by atoms with Crippen LogP contribution in [0.25, 0.3) is 10.2 Å². The van der Waals surface area contributed by atoms with Crippen LogP contribution in [0.5, 0.6) is 5.75 Å². The highest BCUT2D eigenvalue weighted by Crippen LogP contribution is 2.26. The number of nitrogens with one attached hydrogen (secondary N) is 1. The van der Waals surface area contributed by atoms with E-state index in [-0.39, 0.29) is 12.7 Å². The Labute approximate surface area is 204 Å². The van der Waals surface area contributed by atoms with E-state index in [1.807, 2.05) is 43.3 Å². The topological polar surface area (TPSA) is 70.1 Å². The molecule has 0 amide bonds. The summed E-state index contributed by atoms with van der Waals surface area (Å²) in [6.45, 7) is 8.75. The first-order chi connectivity index (χ1) is 16.5. The van der Waals surface area contributed by atoms with Gasteiger partial charge < -0.3 is 9.84 Å². The number of nitrogens with zero attached hydrogens (tertiary/aromatic N) is 3. The highest BCUT2D eigenvalue weighted by atomic mass is 32.1. The second-order valence-electron chi connectivity index (χ2n) is 9.15. The predicted molar refractivity (Wildman–Crippen MR) is 135 cm³/mol. The Morgan fingerprint density at radius 1 is 1.24 bits per heavy atom. The average molecular weight is 481 g/mol. The summed E-state index contributed by atoms with van der Waals surface area (Å²) in [5.74, 6) is 0.753. The summed E-state index contributed by atoms with van der Waals surface area (Å²) in [6.07, 6.45) is 1.59. The molecule has 34 heavy (non-hydrogen) atoms. The van der Waals surface area contributed by atoms with Gasteiger partial charge in [0.1, 0.15) is 24.6 Å². The number of hydroxylamine groups is 1. The van der Waals surface area contributed by atoms with Crippen molar-refractivity contribution < 1.29 is 14.7 Å². The van der Waals surface area contributed by atoms with Gasteiger partial charge in [0.15, 0.2) is 0 Å². The molecule has 2 aromatic carbocycles. The van der Waals surface area contributed by atoms with Gasteiger partial charge in [0, 0.05) is 44.8 Å². The Bertz CT molecular complexity index is 1140. The average Bonchev–Trinajstić information content (AvgIpc) is 3.45. The summed E-state index contributed by atoms with van der Waals surface area (Å²) in [5.41, 5.74) is 6.32. The Kier molecular flexibility index (Phi) is 7.12. The molecule has 2 N–H and O–H groups in total. The number of fused-ring (bicyclic) bond motifs is 1. The van der Waals surface area contributed by atoms with Gasteiger partial charge in [0.2, 0.25) is 0 Å².